The fraction of sp³-hybridized carbons (Fsp3) is 0.478. The molecule has 0 N–H and O–H groups in total. The highest BCUT2D eigenvalue weighted by Crippen LogP contribution is 2.17. The van der Waals surface area contributed by atoms with E-state index >= 15 is 0 Å². The van der Waals surface area contributed by atoms with Gasteiger partial charge in [0, 0.05) is 23.9 Å². The molecule has 2 aromatic rings. The van der Waals surface area contributed by atoms with Gasteiger partial charge in [-0.1, -0.05) is 38.5 Å². The molecule has 0 saturated carbocycles. The van der Waals surface area contributed by atoms with E-state index in [-0.39, 0.29) is 30.2 Å². The molecular formula is C23H31FN2O2S. The highest BCUT2D eigenvalue weighted by atomic mass is 32.1. The van der Waals surface area contributed by atoms with Crippen molar-refractivity contribution in [3.63, 3.8) is 0 Å². The Morgan fingerprint density at radius 3 is 2.38 bits per heavy atom. The van der Waals surface area contributed by atoms with Crippen molar-refractivity contribution in [1.82, 2.24) is 9.80 Å². The lowest BCUT2D eigenvalue weighted by molar-refractivity contribution is -0.143. The predicted molar refractivity (Wildman–Crippen MR) is 116 cm³/mol. The molecule has 1 heterocycles. The van der Waals surface area contributed by atoms with E-state index in [2.05, 4.69) is 6.92 Å². The first-order valence-electron chi connectivity index (χ1n) is 10.3. The third-order valence-corrected chi connectivity index (χ3v) is 5.92. The van der Waals surface area contributed by atoms with E-state index in [1.807, 2.05) is 31.4 Å². The zero-order chi connectivity index (χ0) is 21.2. The summed E-state index contributed by atoms with van der Waals surface area (Å²) < 4.78 is 13.3. The lowest BCUT2D eigenvalue weighted by Gasteiger charge is -2.31. The van der Waals surface area contributed by atoms with Crippen LogP contribution in [0.15, 0.2) is 41.8 Å². The van der Waals surface area contributed by atoms with Gasteiger partial charge in [0.05, 0.1) is 6.54 Å². The number of halogens is 1. The second-order valence-electron chi connectivity index (χ2n) is 7.34. The molecule has 0 aliphatic carbocycles. The molecule has 1 atom stereocenters. The van der Waals surface area contributed by atoms with Gasteiger partial charge in [-0.2, -0.15) is 0 Å². The number of carbonyl (C=O) groups is 2. The maximum absolute atomic E-state index is 13.3. The molecule has 2 amide bonds. The maximum Gasteiger partial charge on any atom is 0.242 e. The molecule has 0 radical (unpaired) electrons. The minimum atomic E-state index is -0.297. The Bertz CT molecular complexity index is 762. The van der Waals surface area contributed by atoms with Gasteiger partial charge >= 0.3 is 0 Å². The van der Waals surface area contributed by atoms with E-state index in [1.54, 1.807) is 33.3 Å². The molecule has 4 nitrogen and oxygen atoms in total. The predicted octanol–water partition coefficient (Wildman–Crippen LogP) is 5.23. The van der Waals surface area contributed by atoms with Crippen LogP contribution in [0.3, 0.4) is 0 Å². The highest BCUT2D eigenvalue weighted by molar-refractivity contribution is 7.09. The fourth-order valence-corrected chi connectivity index (χ4v) is 3.78. The molecule has 0 spiro atoms. The summed E-state index contributed by atoms with van der Waals surface area (Å²) in [6, 6.07) is 10.2. The van der Waals surface area contributed by atoms with Gasteiger partial charge < -0.3 is 9.80 Å². The molecule has 2 rings (SSSR count). The Morgan fingerprint density at radius 2 is 1.79 bits per heavy atom. The smallest absolute Gasteiger partial charge is 0.242 e. The minimum Gasteiger partial charge on any atom is -0.332 e. The summed E-state index contributed by atoms with van der Waals surface area (Å²) in [5, 5.41) is 1.98. The Kier molecular flexibility index (Phi) is 9.32. The van der Waals surface area contributed by atoms with E-state index in [1.165, 1.54) is 12.1 Å². The van der Waals surface area contributed by atoms with E-state index < -0.39 is 0 Å². The van der Waals surface area contributed by atoms with Crippen LogP contribution in [-0.4, -0.2) is 34.2 Å². The Hall–Kier alpha value is -2.21. The first-order chi connectivity index (χ1) is 13.9. The quantitative estimate of drug-likeness (QED) is 0.501. The number of hydrogen-bond acceptors (Lipinski definition) is 3. The molecule has 0 bridgehead atoms. The van der Waals surface area contributed by atoms with E-state index in [9.17, 15) is 14.0 Å². The average Bonchev–Trinajstić information content (AvgIpc) is 3.23. The number of amides is 2. The summed E-state index contributed by atoms with van der Waals surface area (Å²) in [7, 11) is 0. The summed E-state index contributed by atoms with van der Waals surface area (Å²) in [5.74, 6) is -0.352. The number of benzene rings is 1. The van der Waals surface area contributed by atoms with Gasteiger partial charge in [0.1, 0.15) is 12.4 Å². The molecule has 158 valence electrons. The molecule has 0 aliphatic heterocycles. The fourth-order valence-electron chi connectivity index (χ4n) is 3.06. The van der Waals surface area contributed by atoms with Crippen LogP contribution in [0.4, 0.5) is 4.39 Å². The molecule has 1 unspecified atom stereocenters. The van der Waals surface area contributed by atoms with Crippen LogP contribution in [-0.2, 0) is 22.7 Å². The molecule has 1 aromatic heterocycles. The van der Waals surface area contributed by atoms with Gasteiger partial charge in [-0.05, 0) is 48.9 Å². The van der Waals surface area contributed by atoms with Gasteiger partial charge in [-0.15, -0.1) is 11.3 Å². The van der Waals surface area contributed by atoms with Gasteiger partial charge in [-0.25, -0.2) is 4.39 Å². The Morgan fingerprint density at radius 1 is 1.07 bits per heavy atom. The van der Waals surface area contributed by atoms with E-state index in [0.29, 0.717) is 19.5 Å². The largest absolute Gasteiger partial charge is 0.332 e. The molecule has 29 heavy (non-hydrogen) atoms. The summed E-state index contributed by atoms with van der Waals surface area (Å²) in [6.45, 7) is 7.00. The molecule has 0 aliphatic rings. The second kappa shape index (κ2) is 11.7. The van der Waals surface area contributed by atoms with Crippen molar-refractivity contribution in [2.45, 2.75) is 65.6 Å². The number of hydrogen-bond donors (Lipinski definition) is 0. The van der Waals surface area contributed by atoms with Crippen LogP contribution >= 0.6 is 11.3 Å². The van der Waals surface area contributed by atoms with E-state index in [0.717, 1.165) is 29.7 Å². The normalized spacial score (nSPS) is 11.9. The second-order valence-corrected chi connectivity index (χ2v) is 8.37. The minimum absolute atomic E-state index is 0.0118. The number of nitrogens with zero attached hydrogens (tertiary/aromatic N) is 2. The van der Waals surface area contributed by atoms with Crippen molar-refractivity contribution >= 4 is 23.2 Å². The number of carbonyl (C=O) groups excluding carboxylic acids is 2. The van der Waals surface area contributed by atoms with Crippen LogP contribution in [0.2, 0.25) is 0 Å². The molecule has 0 fully saturated rings. The van der Waals surface area contributed by atoms with Crippen LogP contribution in [0, 0.1) is 5.82 Å². The van der Waals surface area contributed by atoms with Gasteiger partial charge in [0.15, 0.2) is 0 Å². The van der Waals surface area contributed by atoms with Crippen LogP contribution < -0.4 is 0 Å². The SMILES string of the molecule is CCCCC(=O)N(CC(=O)N(Cc1ccc(F)cc1)Cc1cccs1)C(C)CC. The standard InChI is InChI=1S/C23H31FN2O2S/c1-4-6-9-22(27)26(18(3)5-2)17-23(28)25(16-21-8-7-14-29-21)15-19-10-12-20(24)13-11-19/h7-8,10-14,18H,4-6,9,15-17H2,1-3H3. The third kappa shape index (κ3) is 7.28. The topological polar surface area (TPSA) is 40.6 Å². The van der Waals surface area contributed by atoms with Gasteiger partial charge in [0.2, 0.25) is 11.8 Å². The van der Waals surface area contributed by atoms with Crippen molar-refractivity contribution in [3.8, 4) is 0 Å². The van der Waals surface area contributed by atoms with Gasteiger partial charge in [-0.3, -0.25) is 9.59 Å². The number of rotatable bonds is 11. The van der Waals surface area contributed by atoms with Crippen molar-refractivity contribution in [2.24, 2.45) is 0 Å². The summed E-state index contributed by atoms with van der Waals surface area (Å²) >= 11 is 1.59. The van der Waals surface area contributed by atoms with Crippen LogP contribution in [0.25, 0.3) is 0 Å². The number of unbranched alkanes of at least 4 members (excludes halogenated alkanes) is 1. The van der Waals surface area contributed by atoms with Crippen molar-refractivity contribution in [2.75, 3.05) is 6.54 Å². The zero-order valence-corrected chi connectivity index (χ0v) is 18.4. The zero-order valence-electron chi connectivity index (χ0n) is 17.6. The molecule has 6 heteroatoms. The monoisotopic (exact) mass is 418 g/mol. The van der Waals surface area contributed by atoms with E-state index in [4.69, 9.17) is 0 Å². The first kappa shape index (κ1) is 23.1. The van der Waals surface area contributed by atoms with Crippen molar-refractivity contribution in [1.29, 1.82) is 0 Å². The van der Waals surface area contributed by atoms with Crippen LogP contribution in [0.5, 0.6) is 0 Å². The molecular weight excluding hydrogens is 387 g/mol. The third-order valence-electron chi connectivity index (χ3n) is 5.06. The Balaban J connectivity index is 2.16. The van der Waals surface area contributed by atoms with Gasteiger partial charge in [0.25, 0.3) is 0 Å². The highest BCUT2D eigenvalue weighted by Gasteiger charge is 2.24. The molecule has 1 aromatic carbocycles. The summed E-state index contributed by atoms with van der Waals surface area (Å²) in [6.07, 6.45) is 3.04. The lowest BCUT2D eigenvalue weighted by Crippen LogP contribution is -2.46. The van der Waals surface area contributed by atoms with Crippen LogP contribution in [0.1, 0.15) is 56.9 Å². The Labute approximate surface area is 177 Å². The van der Waals surface area contributed by atoms with Crippen molar-refractivity contribution < 1.29 is 14.0 Å². The van der Waals surface area contributed by atoms with Crippen molar-refractivity contribution in [3.05, 3.63) is 58.0 Å². The first-order valence-corrected chi connectivity index (χ1v) is 11.2. The summed E-state index contributed by atoms with van der Waals surface area (Å²) in [4.78, 5) is 30.4. The average molecular weight is 419 g/mol. The summed E-state index contributed by atoms with van der Waals surface area (Å²) in [5.41, 5.74) is 0.865. The maximum atomic E-state index is 13.3. The lowest BCUT2D eigenvalue weighted by atomic mass is 10.1. The molecule has 0 saturated heterocycles. The number of thiophene rings is 1.